The summed E-state index contributed by atoms with van der Waals surface area (Å²) in [7, 11) is 0. The smallest absolute Gasteiger partial charge is 0.231 e. The van der Waals surface area contributed by atoms with E-state index >= 15 is 0 Å². The summed E-state index contributed by atoms with van der Waals surface area (Å²) in [5.74, 6) is 1.48. The van der Waals surface area contributed by atoms with Gasteiger partial charge in [0.25, 0.3) is 0 Å². The van der Waals surface area contributed by atoms with Gasteiger partial charge >= 0.3 is 0 Å². The number of aromatic nitrogens is 3. The minimum absolute atomic E-state index is 0.248. The maximum absolute atomic E-state index is 10.2. The molecule has 1 unspecified atom stereocenters. The third-order valence-electron chi connectivity index (χ3n) is 4.02. The molecule has 1 fully saturated rings. The van der Waals surface area contributed by atoms with Crippen molar-refractivity contribution in [1.82, 2.24) is 15.0 Å². The molecule has 0 bridgehead atoms. The van der Waals surface area contributed by atoms with Gasteiger partial charge in [0.1, 0.15) is 0 Å². The van der Waals surface area contributed by atoms with Crippen LogP contribution in [0.4, 0.5) is 17.8 Å². The van der Waals surface area contributed by atoms with Crippen molar-refractivity contribution in [3.63, 3.8) is 0 Å². The Balaban J connectivity index is 2.23. The molecule has 7 nitrogen and oxygen atoms in total. The molecule has 0 radical (unpaired) electrons. The van der Waals surface area contributed by atoms with Crippen molar-refractivity contribution in [1.29, 1.82) is 0 Å². The molecule has 1 saturated heterocycles. The van der Waals surface area contributed by atoms with Crippen LogP contribution in [0.25, 0.3) is 0 Å². The molecule has 7 heteroatoms. The SMILES string of the molecule is CCN(CC)c1nc(N)nc(N2CCCC(C)(O)CC2)n1. The molecule has 0 amide bonds. The molecule has 1 atom stereocenters. The van der Waals surface area contributed by atoms with Gasteiger partial charge in [-0.25, -0.2) is 0 Å². The maximum atomic E-state index is 10.2. The molecule has 2 rings (SSSR count). The first kappa shape index (κ1) is 15.8. The lowest BCUT2D eigenvalue weighted by Gasteiger charge is -2.24. The summed E-state index contributed by atoms with van der Waals surface area (Å²) in [5.41, 5.74) is 5.24. The molecule has 0 spiro atoms. The number of nitrogen functional groups attached to an aromatic ring is 1. The fourth-order valence-electron chi connectivity index (χ4n) is 2.62. The first-order valence-corrected chi connectivity index (χ1v) is 7.69. The van der Waals surface area contributed by atoms with Gasteiger partial charge in [0.2, 0.25) is 17.8 Å². The topological polar surface area (TPSA) is 91.4 Å². The van der Waals surface area contributed by atoms with Crippen molar-refractivity contribution < 1.29 is 5.11 Å². The van der Waals surface area contributed by atoms with Crippen LogP contribution in [0.5, 0.6) is 0 Å². The molecule has 3 N–H and O–H groups in total. The minimum atomic E-state index is -0.602. The van der Waals surface area contributed by atoms with Crippen LogP contribution in [0, 0.1) is 0 Å². The van der Waals surface area contributed by atoms with E-state index in [0.29, 0.717) is 18.3 Å². The Morgan fingerprint density at radius 1 is 1.19 bits per heavy atom. The average Bonchev–Trinajstić information content (AvgIpc) is 2.60. The first-order valence-electron chi connectivity index (χ1n) is 7.69. The Morgan fingerprint density at radius 3 is 2.57 bits per heavy atom. The summed E-state index contributed by atoms with van der Waals surface area (Å²) in [6, 6.07) is 0. The van der Waals surface area contributed by atoms with E-state index in [0.717, 1.165) is 39.0 Å². The Kier molecular flexibility index (Phi) is 4.82. The molecule has 118 valence electrons. The van der Waals surface area contributed by atoms with Crippen LogP contribution in [-0.4, -0.2) is 51.8 Å². The molecule has 21 heavy (non-hydrogen) atoms. The number of hydrogen-bond donors (Lipinski definition) is 2. The summed E-state index contributed by atoms with van der Waals surface area (Å²) in [5, 5.41) is 10.2. The number of aliphatic hydroxyl groups is 1. The third kappa shape index (κ3) is 3.93. The van der Waals surface area contributed by atoms with Crippen molar-refractivity contribution in [3.8, 4) is 0 Å². The summed E-state index contributed by atoms with van der Waals surface area (Å²) < 4.78 is 0. The maximum Gasteiger partial charge on any atom is 0.231 e. The molecular formula is C14H26N6O. The molecular weight excluding hydrogens is 268 g/mol. The number of nitrogens with zero attached hydrogens (tertiary/aromatic N) is 5. The predicted molar refractivity (Wildman–Crippen MR) is 84.5 cm³/mol. The van der Waals surface area contributed by atoms with E-state index in [-0.39, 0.29) is 5.95 Å². The number of hydrogen-bond acceptors (Lipinski definition) is 7. The van der Waals surface area contributed by atoms with Gasteiger partial charge in [-0.2, -0.15) is 15.0 Å². The first-order chi connectivity index (χ1) is 9.95. The molecule has 2 heterocycles. The predicted octanol–water partition coefficient (Wildman–Crippen LogP) is 1.04. The van der Waals surface area contributed by atoms with Crippen molar-refractivity contribution in [2.45, 2.75) is 45.6 Å². The van der Waals surface area contributed by atoms with Crippen molar-refractivity contribution >= 4 is 17.8 Å². The van der Waals surface area contributed by atoms with Crippen LogP contribution in [-0.2, 0) is 0 Å². The molecule has 0 aliphatic carbocycles. The van der Waals surface area contributed by atoms with Crippen LogP contribution in [0.3, 0.4) is 0 Å². The van der Waals surface area contributed by atoms with E-state index in [1.165, 1.54) is 0 Å². The van der Waals surface area contributed by atoms with Gasteiger partial charge in [-0.05, 0) is 40.0 Å². The van der Waals surface area contributed by atoms with Crippen LogP contribution in [0.1, 0.15) is 40.0 Å². The number of nitrogens with two attached hydrogens (primary N) is 1. The van der Waals surface area contributed by atoms with Gasteiger partial charge in [0.15, 0.2) is 0 Å². The fourth-order valence-corrected chi connectivity index (χ4v) is 2.62. The highest BCUT2D eigenvalue weighted by atomic mass is 16.3. The monoisotopic (exact) mass is 294 g/mol. The van der Waals surface area contributed by atoms with Gasteiger partial charge in [-0.3, -0.25) is 0 Å². The molecule has 0 aromatic carbocycles. The second-order valence-electron chi connectivity index (χ2n) is 5.80. The van der Waals surface area contributed by atoms with Gasteiger partial charge in [-0.1, -0.05) is 0 Å². The van der Waals surface area contributed by atoms with Crippen LogP contribution < -0.4 is 15.5 Å². The summed E-state index contributed by atoms with van der Waals surface area (Å²) in [4.78, 5) is 17.2. The van der Waals surface area contributed by atoms with Gasteiger partial charge in [0, 0.05) is 26.2 Å². The Hall–Kier alpha value is -1.63. The van der Waals surface area contributed by atoms with E-state index in [2.05, 4.69) is 38.6 Å². The van der Waals surface area contributed by atoms with E-state index in [1.807, 2.05) is 6.92 Å². The number of rotatable bonds is 4. The Bertz CT molecular complexity index is 475. The van der Waals surface area contributed by atoms with Crippen LogP contribution in [0.15, 0.2) is 0 Å². The van der Waals surface area contributed by atoms with Gasteiger partial charge in [0.05, 0.1) is 5.60 Å². The highest BCUT2D eigenvalue weighted by molar-refractivity contribution is 5.43. The fraction of sp³-hybridized carbons (Fsp3) is 0.786. The van der Waals surface area contributed by atoms with Gasteiger partial charge in [-0.15, -0.1) is 0 Å². The van der Waals surface area contributed by atoms with E-state index in [1.54, 1.807) is 0 Å². The molecule has 1 aliphatic rings. The Labute approximate surface area is 126 Å². The Morgan fingerprint density at radius 2 is 1.90 bits per heavy atom. The lowest BCUT2D eigenvalue weighted by atomic mass is 9.98. The highest BCUT2D eigenvalue weighted by Crippen LogP contribution is 2.24. The molecule has 1 aromatic rings. The zero-order chi connectivity index (χ0) is 15.5. The lowest BCUT2D eigenvalue weighted by Crippen LogP contribution is -2.31. The summed E-state index contributed by atoms with van der Waals surface area (Å²) in [6.45, 7) is 9.23. The summed E-state index contributed by atoms with van der Waals surface area (Å²) in [6.07, 6.45) is 2.42. The second kappa shape index (κ2) is 6.43. The molecule has 0 saturated carbocycles. The standard InChI is InChI=1S/C14H26N6O/c1-4-19(5-2)12-16-11(15)17-13(18-12)20-9-6-7-14(3,21)8-10-20/h21H,4-10H2,1-3H3,(H2,15,16,17,18). The lowest BCUT2D eigenvalue weighted by molar-refractivity contribution is 0.0481. The highest BCUT2D eigenvalue weighted by Gasteiger charge is 2.26. The van der Waals surface area contributed by atoms with E-state index < -0.39 is 5.60 Å². The largest absolute Gasteiger partial charge is 0.390 e. The molecule has 1 aromatic heterocycles. The van der Waals surface area contributed by atoms with Crippen LogP contribution in [0.2, 0.25) is 0 Å². The van der Waals surface area contributed by atoms with E-state index in [9.17, 15) is 5.11 Å². The third-order valence-corrected chi connectivity index (χ3v) is 4.02. The van der Waals surface area contributed by atoms with Crippen LogP contribution >= 0.6 is 0 Å². The quantitative estimate of drug-likeness (QED) is 0.857. The minimum Gasteiger partial charge on any atom is -0.390 e. The zero-order valence-electron chi connectivity index (χ0n) is 13.2. The second-order valence-corrected chi connectivity index (χ2v) is 5.80. The normalized spacial score (nSPS) is 23.0. The summed E-state index contributed by atoms with van der Waals surface area (Å²) >= 11 is 0. The van der Waals surface area contributed by atoms with Crippen molar-refractivity contribution in [2.75, 3.05) is 41.7 Å². The van der Waals surface area contributed by atoms with Gasteiger partial charge < -0.3 is 20.6 Å². The number of anilines is 3. The van der Waals surface area contributed by atoms with Crippen molar-refractivity contribution in [3.05, 3.63) is 0 Å². The van der Waals surface area contributed by atoms with Crippen molar-refractivity contribution in [2.24, 2.45) is 0 Å². The zero-order valence-corrected chi connectivity index (χ0v) is 13.2. The van der Waals surface area contributed by atoms with E-state index in [4.69, 9.17) is 5.73 Å². The molecule has 1 aliphatic heterocycles. The average molecular weight is 294 g/mol.